The number of nitrogens with one attached hydrogen (secondary N) is 1. The third-order valence-corrected chi connectivity index (χ3v) is 4.82. The minimum Gasteiger partial charge on any atom is -0.361 e. The Morgan fingerprint density at radius 3 is 1.92 bits per heavy atom. The lowest BCUT2D eigenvalue weighted by molar-refractivity contribution is 1.31. The molecule has 1 aliphatic rings. The highest BCUT2D eigenvalue weighted by Crippen LogP contribution is 2.37. The number of H-pyrrole nitrogens is 1. The number of aromatic amines is 1. The molecule has 0 amide bonds. The molecule has 4 rings (SSSR count). The molecule has 0 saturated carbocycles. The zero-order valence-corrected chi connectivity index (χ0v) is 14.1. The number of hydrogen-bond donors (Lipinski definition) is 1. The van der Waals surface area contributed by atoms with E-state index in [2.05, 4.69) is 85.6 Å². The molecule has 0 spiro atoms. The maximum absolute atomic E-state index is 3.48. The van der Waals surface area contributed by atoms with Gasteiger partial charge in [-0.15, -0.1) is 0 Å². The first kappa shape index (κ1) is 14.8. The van der Waals surface area contributed by atoms with Crippen molar-refractivity contribution in [2.45, 2.75) is 20.3 Å². The molecule has 1 heteroatoms. The maximum Gasteiger partial charge on any atom is 0.0536 e. The fourth-order valence-electron chi connectivity index (χ4n) is 3.57. The first-order valence-corrected chi connectivity index (χ1v) is 8.46. The van der Waals surface area contributed by atoms with Gasteiger partial charge < -0.3 is 4.98 Å². The molecule has 0 unspecified atom stereocenters. The lowest BCUT2D eigenvalue weighted by atomic mass is 9.91. The number of allylic oxidation sites excluding steroid dienone is 2. The second kappa shape index (κ2) is 6.01. The molecular formula is C23H21N. The van der Waals surface area contributed by atoms with E-state index in [-0.39, 0.29) is 0 Å². The molecule has 0 aliphatic heterocycles. The summed E-state index contributed by atoms with van der Waals surface area (Å²) in [5, 5.41) is 0. The van der Waals surface area contributed by atoms with Gasteiger partial charge in [0.2, 0.25) is 0 Å². The van der Waals surface area contributed by atoms with E-state index in [1.165, 1.54) is 44.7 Å². The first-order valence-electron chi connectivity index (χ1n) is 8.46. The van der Waals surface area contributed by atoms with Gasteiger partial charge in [0.15, 0.2) is 0 Å². The van der Waals surface area contributed by atoms with Crippen LogP contribution >= 0.6 is 0 Å². The normalized spacial score (nSPS) is 13.8. The molecule has 0 saturated heterocycles. The van der Waals surface area contributed by atoms with Crippen molar-refractivity contribution in [1.29, 1.82) is 0 Å². The number of rotatable bonds is 2. The third kappa shape index (κ3) is 2.43. The molecule has 1 N–H and O–H groups in total. The van der Waals surface area contributed by atoms with Gasteiger partial charge in [0.1, 0.15) is 0 Å². The Hall–Kier alpha value is -2.80. The van der Waals surface area contributed by atoms with Gasteiger partial charge in [0, 0.05) is 17.3 Å². The standard InChI is InChI=1S/C23H21N/c1-16-8-3-5-10-18(16)20-12-7-13-21(23-22(20)14-15-24-23)19-11-6-4-9-17(19)2/h3-6,8-15,24H,7H2,1-2H3. The summed E-state index contributed by atoms with van der Waals surface area (Å²) >= 11 is 0. The summed E-state index contributed by atoms with van der Waals surface area (Å²) in [4.78, 5) is 3.48. The molecule has 1 nitrogen and oxygen atoms in total. The van der Waals surface area contributed by atoms with Crippen LogP contribution in [0.3, 0.4) is 0 Å². The average molecular weight is 311 g/mol. The van der Waals surface area contributed by atoms with Crippen LogP contribution in [0.5, 0.6) is 0 Å². The number of hydrogen-bond acceptors (Lipinski definition) is 0. The molecule has 1 heterocycles. The lowest BCUT2D eigenvalue weighted by Gasteiger charge is -2.13. The van der Waals surface area contributed by atoms with Gasteiger partial charge in [-0.1, -0.05) is 60.7 Å². The number of aryl methyl sites for hydroxylation is 2. The highest BCUT2D eigenvalue weighted by atomic mass is 14.7. The van der Waals surface area contributed by atoms with Crippen LogP contribution < -0.4 is 0 Å². The third-order valence-electron chi connectivity index (χ3n) is 4.82. The van der Waals surface area contributed by atoms with Crippen LogP contribution in [0, 0.1) is 13.8 Å². The molecule has 1 aromatic heterocycles. The van der Waals surface area contributed by atoms with E-state index < -0.39 is 0 Å². The second-order valence-electron chi connectivity index (χ2n) is 6.37. The molecule has 0 bridgehead atoms. The minimum atomic E-state index is 0.940. The van der Waals surface area contributed by atoms with E-state index in [0.29, 0.717) is 0 Å². The van der Waals surface area contributed by atoms with E-state index in [4.69, 9.17) is 0 Å². The Kier molecular flexibility index (Phi) is 3.70. The Labute approximate surface area is 143 Å². The van der Waals surface area contributed by atoms with Crippen LogP contribution in [0.2, 0.25) is 0 Å². The first-order chi connectivity index (χ1) is 11.8. The van der Waals surface area contributed by atoms with Crippen molar-refractivity contribution < 1.29 is 0 Å². The Balaban J connectivity index is 1.87. The summed E-state index contributed by atoms with van der Waals surface area (Å²) < 4.78 is 0. The van der Waals surface area contributed by atoms with Crippen molar-refractivity contribution in [2.75, 3.05) is 0 Å². The van der Waals surface area contributed by atoms with Crippen LogP contribution in [0.15, 0.2) is 72.9 Å². The summed E-state index contributed by atoms with van der Waals surface area (Å²) in [5.74, 6) is 0. The van der Waals surface area contributed by atoms with Gasteiger partial charge in [-0.25, -0.2) is 0 Å². The van der Waals surface area contributed by atoms with E-state index in [1.54, 1.807) is 0 Å². The van der Waals surface area contributed by atoms with Crippen LogP contribution in [-0.4, -0.2) is 4.98 Å². The predicted molar refractivity (Wildman–Crippen MR) is 102 cm³/mol. The van der Waals surface area contributed by atoms with E-state index >= 15 is 0 Å². The van der Waals surface area contributed by atoms with Gasteiger partial charge in [-0.2, -0.15) is 0 Å². The monoisotopic (exact) mass is 311 g/mol. The average Bonchev–Trinajstić information content (AvgIpc) is 3.00. The molecule has 0 fully saturated rings. The zero-order valence-electron chi connectivity index (χ0n) is 14.1. The van der Waals surface area contributed by atoms with Crippen molar-refractivity contribution in [2.24, 2.45) is 0 Å². The molecule has 1 aliphatic carbocycles. The fraction of sp³-hybridized carbons (Fsp3) is 0.130. The molecule has 0 radical (unpaired) electrons. The van der Waals surface area contributed by atoms with Gasteiger partial charge in [0.25, 0.3) is 0 Å². The summed E-state index contributed by atoms with van der Waals surface area (Å²) in [6.07, 6.45) is 7.67. The van der Waals surface area contributed by atoms with E-state index in [1.807, 2.05) is 6.20 Å². The van der Waals surface area contributed by atoms with E-state index in [0.717, 1.165) is 6.42 Å². The predicted octanol–water partition coefficient (Wildman–Crippen LogP) is 5.90. The fourth-order valence-corrected chi connectivity index (χ4v) is 3.57. The smallest absolute Gasteiger partial charge is 0.0536 e. The molecule has 2 aromatic carbocycles. The summed E-state index contributed by atoms with van der Waals surface area (Å²) in [6, 6.07) is 19.4. The summed E-state index contributed by atoms with van der Waals surface area (Å²) in [5.41, 5.74) is 10.4. The topological polar surface area (TPSA) is 15.8 Å². The van der Waals surface area contributed by atoms with Crippen molar-refractivity contribution in [3.05, 3.63) is 106 Å². The molecule has 118 valence electrons. The number of benzene rings is 2. The van der Waals surface area contributed by atoms with Crippen molar-refractivity contribution in [3.63, 3.8) is 0 Å². The number of aromatic nitrogens is 1. The van der Waals surface area contributed by atoms with Crippen LogP contribution in [0.25, 0.3) is 11.1 Å². The van der Waals surface area contributed by atoms with E-state index in [9.17, 15) is 0 Å². The van der Waals surface area contributed by atoms with Crippen molar-refractivity contribution in [3.8, 4) is 0 Å². The van der Waals surface area contributed by atoms with Gasteiger partial charge in [0.05, 0.1) is 5.69 Å². The SMILES string of the molecule is Cc1ccccc1C1=CCC=C(c2ccccc2C)c2[nH]ccc21. The molecule has 24 heavy (non-hydrogen) atoms. The summed E-state index contributed by atoms with van der Waals surface area (Å²) in [7, 11) is 0. The molecular weight excluding hydrogens is 290 g/mol. The van der Waals surface area contributed by atoms with Gasteiger partial charge >= 0.3 is 0 Å². The van der Waals surface area contributed by atoms with Gasteiger partial charge in [-0.3, -0.25) is 0 Å². The Morgan fingerprint density at radius 2 is 1.25 bits per heavy atom. The largest absolute Gasteiger partial charge is 0.361 e. The highest BCUT2D eigenvalue weighted by molar-refractivity contribution is 5.92. The van der Waals surface area contributed by atoms with Crippen molar-refractivity contribution >= 4 is 11.1 Å². The number of fused-ring (bicyclic) bond motifs is 1. The highest BCUT2D eigenvalue weighted by Gasteiger charge is 2.19. The Morgan fingerprint density at radius 1 is 0.667 bits per heavy atom. The molecule has 0 atom stereocenters. The lowest BCUT2D eigenvalue weighted by Crippen LogP contribution is -1.96. The second-order valence-corrected chi connectivity index (χ2v) is 6.37. The summed E-state index contributed by atoms with van der Waals surface area (Å²) in [6.45, 7) is 4.36. The quantitative estimate of drug-likeness (QED) is 0.606. The van der Waals surface area contributed by atoms with Gasteiger partial charge in [-0.05, 0) is 54.2 Å². The van der Waals surface area contributed by atoms with Crippen LogP contribution in [0.4, 0.5) is 0 Å². The Bertz CT molecular complexity index is 877. The van der Waals surface area contributed by atoms with Crippen LogP contribution in [-0.2, 0) is 0 Å². The van der Waals surface area contributed by atoms with Crippen LogP contribution in [0.1, 0.15) is 39.9 Å². The minimum absolute atomic E-state index is 0.940. The molecule has 3 aromatic rings. The zero-order chi connectivity index (χ0) is 16.5. The van der Waals surface area contributed by atoms with Crippen molar-refractivity contribution in [1.82, 2.24) is 4.98 Å². The maximum atomic E-state index is 3.48.